The lowest BCUT2D eigenvalue weighted by atomic mass is 9.65. The van der Waals surface area contributed by atoms with E-state index < -0.39 is 5.41 Å². The van der Waals surface area contributed by atoms with Crippen LogP contribution in [-0.4, -0.2) is 28.0 Å². The molecule has 2 unspecified atom stereocenters. The molecular formula is C26H27N5. The molecular weight excluding hydrogens is 382 g/mol. The molecule has 1 aromatic heterocycles. The van der Waals surface area contributed by atoms with Crippen molar-refractivity contribution in [2.24, 2.45) is 11.3 Å². The Bertz CT molecular complexity index is 1070. The number of benzene rings is 2. The summed E-state index contributed by atoms with van der Waals surface area (Å²) in [5.74, 6) is 0.198. The molecule has 0 amide bonds. The van der Waals surface area contributed by atoms with Crippen molar-refractivity contribution in [1.82, 2.24) is 14.9 Å². The highest BCUT2D eigenvalue weighted by atomic mass is 15.1. The van der Waals surface area contributed by atoms with Gasteiger partial charge in [-0.2, -0.15) is 10.5 Å². The number of nitrogens with zero attached hydrogens (tertiary/aromatic N) is 4. The van der Waals surface area contributed by atoms with Gasteiger partial charge in [-0.3, -0.25) is 4.90 Å². The largest absolute Gasteiger partial charge is 0.347 e. The summed E-state index contributed by atoms with van der Waals surface area (Å²) in [7, 11) is 0. The first kappa shape index (κ1) is 20.8. The Balaban J connectivity index is 1.59. The number of aryl methyl sites for hydroxylation is 1. The third kappa shape index (κ3) is 4.85. The van der Waals surface area contributed by atoms with Gasteiger partial charge in [0, 0.05) is 31.5 Å². The summed E-state index contributed by atoms with van der Waals surface area (Å²) < 4.78 is 0. The van der Waals surface area contributed by atoms with Gasteiger partial charge in [-0.1, -0.05) is 42.0 Å². The van der Waals surface area contributed by atoms with E-state index in [0.717, 1.165) is 44.6 Å². The highest BCUT2D eigenvalue weighted by Gasteiger charge is 2.43. The molecule has 3 aromatic rings. The van der Waals surface area contributed by atoms with Gasteiger partial charge in [0.2, 0.25) is 0 Å². The van der Waals surface area contributed by atoms with Crippen LogP contribution in [0.5, 0.6) is 0 Å². The van der Waals surface area contributed by atoms with Crippen LogP contribution in [0.25, 0.3) is 0 Å². The number of nitrogens with one attached hydrogen (secondary N) is 1. The van der Waals surface area contributed by atoms with Crippen LogP contribution in [0.1, 0.15) is 34.4 Å². The van der Waals surface area contributed by atoms with E-state index in [4.69, 9.17) is 5.26 Å². The SMILES string of the molecule is Cc1ccc(CC2(C#N)CCN(Cc3cnc[nH]3)CC2Cc2ccc(C#N)cc2)cc1. The van der Waals surface area contributed by atoms with E-state index in [2.05, 4.69) is 58.2 Å². The van der Waals surface area contributed by atoms with Crippen LogP contribution in [0.15, 0.2) is 61.1 Å². The number of aromatic nitrogens is 2. The summed E-state index contributed by atoms with van der Waals surface area (Å²) in [4.78, 5) is 9.75. The third-order valence-corrected chi connectivity index (χ3v) is 6.51. The lowest BCUT2D eigenvalue weighted by molar-refractivity contribution is 0.0677. The first-order valence-corrected chi connectivity index (χ1v) is 10.8. The maximum Gasteiger partial charge on any atom is 0.0991 e. The second-order valence-electron chi connectivity index (χ2n) is 8.70. The fraction of sp³-hybridized carbons (Fsp3) is 0.346. The van der Waals surface area contributed by atoms with Crippen molar-refractivity contribution in [3.8, 4) is 12.1 Å². The molecule has 0 saturated carbocycles. The van der Waals surface area contributed by atoms with Crippen LogP contribution in [-0.2, 0) is 19.4 Å². The zero-order valence-corrected chi connectivity index (χ0v) is 17.9. The predicted molar refractivity (Wildman–Crippen MR) is 120 cm³/mol. The molecule has 1 saturated heterocycles. The number of nitriles is 2. The van der Waals surface area contributed by atoms with Gasteiger partial charge in [-0.05, 0) is 55.4 Å². The number of hydrogen-bond acceptors (Lipinski definition) is 4. The second-order valence-corrected chi connectivity index (χ2v) is 8.70. The molecule has 5 heteroatoms. The van der Waals surface area contributed by atoms with Crippen LogP contribution in [0, 0.1) is 40.9 Å². The lowest BCUT2D eigenvalue weighted by Crippen LogP contribution is -2.48. The third-order valence-electron chi connectivity index (χ3n) is 6.51. The maximum atomic E-state index is 10.4. The molecule has 2 atom stereocenters. The number of rotatable bonds is 6. The molecule has 0 radical (unpaired) electrons. The highest BCUT2D eigenvalue weighted by Crippen LogP contribution is 2.41. The Kier molecular flexibility index (Phi) is 6.16. The summed E-state index contributed by atoms with van der Waals surface area (Å²) in [6, 6.07) is 21.3. The van der Waals surface area contributed by atoms with E-state index >= 15 is 0 Å². The Morgan fingerprint density at radius 2 is 1.84 bits per heavy atom. The topological polar surface area (TPSA) is 79.5 Å². The fourth-order valence-electron chi connectivity index (χ4n) is 4.64. The number of hydrogen-bond donors (Lipinski definition) is 1. The summed E-state index contributed by atoms with van der Waals surface area (Å²) in [6.07, 6.45) is 6.01. The van der Waals surface area contributed by atoms with Crippen molar-refractivity contribution in [2.75, 3.05) is 13.1 Å². The van der Waals surface area contributed by atoms with E-state index in [-0.39, 0.29) is 5.92 Å². The van der Waals surface area contributed by atoms with Crippen molar-refractivity contribution < 1.29 is 0 Å². The zero-order valence-electron chi connectivity index (χ0n) is 17.9. The molecule has 5 nitrogen and oxygen atoms in total. The molecule has 156 valence electrons. The quantitative estimate of drug-likeness (QED) is 0.654. The smallest absolute Gasteiger partial charge is 0.0991 e. The van der Waals surface area contributed by atoms with Crippen molar-refractivity contribution in [2.45, 2.75) is 32.7 Å². The minimum atomic E-state index is -0.409. The monoisotopic (exact) mass is 409 g/mol. The number of likely N-dealkylation sites (tertiary alicyclic amines) is 1. The molecule has 2 aromatic carbocycles. The van der Waals surface area contributed by atoms with Gasteiger partial charge in [-0.15, -0.1) is 0 Å². The Morgan fingerprint density at radius 3 is 2.48 bits per heavy atom. The summed E-state index contributed by atoms with van der Waals surface area (Å²) in [6.45, 7) is 4.65. The minimum absolute atomic E-state index is 0.198. The average molecular weight is 410 g/mol. The predicted octanol–water partition coefficient (Wildman–Crippen LogP) is 4.41. The van der Waals surface area contributed by atoms with Crippen LogP contribution < -0.4 is 0 Å². The normalized spacial score (nSPS) is 21.3. The van der Waals surface area contributed by atoms with Crippen LogP contribution in [0.2, 0.25) is 0 Å². The van der Waals surface area contributed by atoms with Gasteiger partial charge in [0.15, 0.2) is 0 Å². The molecule has 4 rings (SSSR count). The van der Waals surface area contributed by atoms with E-state index in [0.29, 0.717) is 5.56 Å². The number of imidazole rings is 1. The average Bonchev–Trinajstić information content (AvgIpc) is 3.31. The lowest BCUT2D eigenvalue weighted by Gasteiger charge is -2.44. The first-order valence-electron chi connectivity index (χ1n) is 10.8. The van der Waals surface area contributed by atoms with Crippen LogP contribution in [0.4, 0.5) is 0 Å². The fourth-order valence-corrected chi connectivity index (χ4v) is 4.64. The van der Waals surface area contributed by atoms with Gasteiger partial charge < -0.3 is 4.98 Å². The molecule has 0 bridgehead atoms. The molecule has 0 aliphatic carbocycles. The van der Waals surface area contributed by atoms with E-state index in [1.165, 1.54) is 16.7 Å². The van der Waals surface area contributed by atoms with Crippen molar-refractivity contribution in [3.63, 3.8) is 0 Å². The molecule has 1 fully saturated rings. The molecule has 1 aliphatic heterocycles. The van der Waals surface area contributed by atoms with Crippen molar-refractivity contribution >= 4 is 0 Å². The van der Waals surface area contributed by atoms with Crippen LogP contribution in [0.3, 0.4) is 0 Å². The molecule has 31 heavy (non-hydrogen) atoms. The molecule has 1 aliphatic rings. The summed E-state index contributed by atoms with van der Waals surface area (Å²) in [5, 5.41) is 19.5. The zero-order chi connectivity index (χ0) is 21.7. The van der Waals surface area contributed by atoms with Crippen molar-refractivity contribution in [3.05, 3.63) is 89.0 Å². The Labute approximate surface area is 184 Å². The maximum absolute atomic E-state index is 10.4. The molecule has 2 heterocycles. The van der Waals surface area contributed by atoms with Gasteiger partial charge in [0.25, 0.3) is 0 Å². The van der Waals surface area contributed by atoms with Crippen LogP contribution >= 0.6 is 0 Å². The summed E-state index contributed by atoms with van der Waals surface area (Å²) >= 11 is 0. The first-order chi connectivity index (χ1) is 15.1. The van der Waals surface area contributed by atoms with Gasteiger partial charge in [-0.25, -0.2) is 4.98 Å². The number of aromatic amines is 1. The Morgan fingerprint density at radius 1 is 1.10 bits per heavy atom. The van der Waals surface area contributed by atoms with Gasteiger partial charge in [0.05, 0.1) is 29.4 Å². The van der Waals surface area contributed by atoms with E-state index in [1.54, 1.807) is 6.33 Å². The minimum Gasteiger partial charge on any atom is -0.347 e. The molecule has 1 N–H and O–H groups in total. The van der Waals surface area contributed by atoms with E-state index in [1.807, 2.05) is 30.5 Å². The molecule has 0 spiro atoms. The second kappa shape index (κ2) is 9.16. The Hall–Kier alpha value is -3.41. The van der Waals surface area contributed by atoms with Gasteiger partial charge >= 0.3 is 0 Å². The standard InChI is InChI=1S/C26H27N5/c1-20-2-4-22(5-3-20)13-26(18-28)10-11-31(17-25-15-29-19-30-25)16-24(26)12-21-6-8-23(14-27)9-7-21/h2-9,15,19,24H,10-13,16-17H2,1H3,(H,29,30). The summed E-state index contributed by atoms with van der Waals surface area (Å²) in [5.41, 5.74) is 4.99. The van der Waals surface area contributed by atoms with E-state index in [9.17, 15) is 5.26 Å². The van der Waals surface area contributed by atoms with Crippen molar-refractivity contribution in [1.29, 1.82) is 10.5 Å². The highest BCUT2D eigenvalue weighted by molar-refractivity contribution is 5.32. The number of piperidine rings is 1. The number of H-pyrrole nitrogens is 1. The van der Waals surface area contributed by atoms with Gasteiger partial charge in [0.1, 0.15) is 0 Å².